The lowest BCUT2D eigenvalue weighted by molar-refractivity contribution is 0.102. The number of anilines is 2. The first kappa shape index (κ1) is 17.4. The number of hydrogen-bond donors (Lipinski definition) is 2. The van der Waals surface area contributed by atoms with E-state index in [1.807, 2.05) is 25.1 Å². The molecule has 0 spiro atoms. The number of carbonyl (C=O) groups excluding carboxylic acids is 1. The highest BCUT2D eigenvalue weighted by Crippen LogP contribution is 2.20. The summed E-state index contributed by atoms with van der Waals surface area (Å²) in [6.07, 6.45) is 9.01. The fourth-order valence-electron chi connectivity index (χ4n) is 3.18. The summed E-state index contributed by atoms with van der Waals surface area (Å²) < 4.78 is 0. The van der Waals surface area contributed by atoms with Crippen LogP contribution in [-0.4, -0.2) is 21.9 Å². The molecule has 1 heterocycles. The van der Waals surface area contributed by atoms with E-state index >= 15 is 0 Å². The van der Waals surface area contributed by atoms with Crippen molar-refractivity contribution in [1.29, 1.82) is 0 Å². The van der Waals surface area contributed by atoms with Crippen LogP contribution in [0.4, 0.5) is 11.6 Å². The Morgan fingerprint density at radius 2 is 1.80 bits per heavy atom. The van der Waals surface area contributed by atoms with Gasteiger partial charge in [0.1, 0.15) is 5.69 Å². The maximum absolute atomic E-state index is 12.5. The number of nitrogens with zero attached hydrogens (tertiary/aromatic N) is 2. The minimum atomic E-state index is -0.213. The van der Waals surface area contributed by atoms with Crippen molar-refractivity contribution in [2.75, 3.05) is 10.6 Å². The Kier molecular flexibility index (Phi) is 5.64. The molecule has 0 aliphatic heterocycles. The van der Waals surface area contributed by atoms with Gasteiger partial charge in [-0.15, -0.1) is 0 Å². The van der Waals surface area contributed by atoms with E-state index in [-0.39, 0.29) is 5.91 Å². The number of carbonyl (C=O) groups is 1. The number of nitrogens with one attached hydrogen (secondary N) is 2. The summed E-state index contributed by atoms with van der Waals surface area (Å²) in [6.45, 7) is 4.08. The number of amides is 1. The second kappa shape index (κ2) is 8.10. The normalized spacial score (nSPS) is 15.4. The van der Waals surface area contributed by atoms with Crippen molar-refractivity contribution in [3.05, 3.63) is 47.3 Å². The van der Waals surface area contributed by atoms with Crippen LogP contribution in [0.25, 0.3) is 0 Å². The van der Waals surface area contributed by atoms with Crippen LogP contribution < -0.4 is 10.6 Å². The highest BCUT2D eigenvalue weighted by molar-refractivity contribution is 6.03. The summed E-state index contributed by atoms with van der Waals surface area (Å²) in [5.41, 5.74) is 3.51. The molecule has 25 heavy (non-hydrogen) atoms. The van der Waals surface area contributed by atoms with Crippen LogP contribution in [-0.2, 0) is 0 Å². The predicted octanol–water partition coefficient (Wildman–Crippen LogP) is 4.48. The molecule has 3 rings (SSSR count). The van der Waals surface area contributed by atoms with E-state index in [1.54, 1.807) is 12.3 Å². The van der Waals surface area contributed by atoms with Crippen LogP contribution in [0, 0.1) is 13.8 Å². The van der Waals surface area contributed by atoms with Crippen molar-refractivity contribution in [2.45, 2.75) is 58.4 Å². The minimum Gasteiger partial charge on any atom is -0.351 e. The van der Waals surface area contributed by atoms with Crippen molar-refractivity contribution < 1.29 is 4.79 Å². The van der Waals surface area contributed by atoms with Gasteiger partial charge in [-0.2, -0.15) is 0 Å². The summed E-state index contributed by atoms with van der Waals surface area (Å²) in [6, 6.07) is 7.93. The molecule has 5 heteroatoms. The molecular weight excluding hydrogens is 312 g/mol. The molecule has 1 aliphatic carbocycles. The summed E-state index contributed by atoms with van der Waals surface area (Å²) in [7, 11) is 0. The molecule has 0 atom stereocenters. The van der Waals surface area contributed by atoms with Gasteiger partial charge in [0.15, 0.2) is 0 Å². The average molecular weight is 338 g/mol. The summed E-state index contributed by atoms with van der Waals surface area (Å²) in [5, 5.41) is 6.30. The molecule has 1 amide bonds. The van der Waals surface area contributed by atoms with E-state index < -0.39 is 0 Å². The van der Waals surface area contributed by atoms with Gasteiger partial charge in [0.05, 0.1) is 0 Å². The number of benzene rings is 1. The molecule has 0 unspecified atom stereocenters. The van der Waals surface area contributed by atoms with Gasteiger partial charge in [-0.3, -0.25) is 4.79 Å². The van der Waals surface area contributed by atoms with E-state index in [9.17, 15) is 4.79 Å². The Bertz CT molecular complexity index is 736. The molecular formula is C20H26N4O. The topological polar surface area (TPSA) is 66.9 Å². The predicted molar refractivity (Wildman–Crippen MR) is 101 cm³/mol. The second-order valence-corrected chi connectivity index (χ2v) is 6.85. The molecule has 1 aliphatic rings. The molecule has 0 saturated heterocycles. The first-order valence-electron chi connectivity index (χ1n) is 9.10. The lowest BCUT2D eigenvalue weighted by atomic mass is 10.1. The molecule has 132 valence electrons. The molecule has 0 radical (unpaired) electrons. The molecule has 5 nitrogen and oxygen atoms in total. The molecule has 2 N–H and O–H groups in total. The Balaban J connectivity index is 1.67. The maximum atomic E-state index is 12.5. The number of aromatic nitrogens is 2. The second-order valence-electron chi connectivity index (χ2n) is 6.85. The van der Waals surface area contributed by atoms with Crippen molar-refractivity contribution in [2.24, 2.45) is 0 Å². The van der Waals surface area contributed by atoms with E-state index in [1.165, 1.54) is 31.2 Å². The fraction of sp³-hybridized carbons (Fsp3) is 0.450. The molecule has 1 saturated carbocycles. The van der Waals surface area contributed by atoms with Crippen LogP contribution in [0.3, 0.4) is 0 Å². The Morgan fingerprint density at radius 1 is 1.04 bits per heavy atom. The molecule has 2 aromatic rings. The number of rotatable bonds is 4. The monoisotopic (exact) mass is 338 g/mol. The van der Waals surface area contributed by atoms with Gasteiger partial charge in [0.25, 0.3) is 5.91 Å². The fourth-order valence-corrected chi connectivity index (χ4v) is 3.18. The third-order valence-electron chi connectivity index (χ3n) is 4.84. The zero-order chi connectivity index (χ0) is 17.6. The van der Waals surface area contributed by atoms with Gasteiger partial charge in [0, 0.05) is 17.9 Å². The van der Waals surface area contributed by atoms with Gasteiger partial charge in [-0.1, -0.05) is 31.7 Å². The lowest BCUT2D eigenvalue weighted by Crippen LogP contribution is -2.21. The third-order valence-corrected chi connectivity index (χ3v) is 4.84. The standard InChI is InChI=1S/C20H26N4O/c1-14-9-10-17(13-15(14)2)22-19(25)18-11-12-21-20(24-18)23-16-7-5-3-4-6-8-16/h9-13,16H,3-8H2,1-2H3,(H,22,25)(H,21,23,24). The molecule has 1 aromatic carbocycles. The molecule has 0 bridgehead atoms. The largest absolute Gasteiger partial charge is 0.351 e. The van der Waals surface area contributed by atoms with Gasteiger partial charge in [0.2, 0.25) is 5.95 Å². The summed E-state index contributed by atoms with van der Waals surface area (Å²) in [4.78, 5) is 21.2. The quantitative estimate of drug-likeness (QED) is 0.807. The first-order chi connectivity index (χ1) is 12.1. The summed E-state index contributed by atoms with van der Waals surface area (Å²) >= 11 is 0. The van der Waals surface area contributed by atoms with Crippen molar-refractivity contribution in [3.63, 3.8) is 0 Å². The molecule has 1 fully saturated rings. The number of aryl methyl sites for hydroxylation is 2. The highest BCUT2D eigenvalue weighted by Gasteiger charge is 2.15. The van der Waals surface area contributed by atoms with Crippen LogP contribution >= 0.6 is 0 Å². The van der Waals surface area contributed by atoms with Crippen LogP contribution in [0.2, 0.25) is 0 Å². The molecule has 1 aromatic heterocycles. The van der Waals surface area contributed by atoms with Crippen molar-refractivity contribution in [1.82, 2.24) is 9.97 Å². The van der Waals surface area contributed by atoms with Crippen molar-refractivity contribution >= 4 is 17.5 Å². The Morgan fingerprint density at radius 3 is 2.52 bits per heavy atom. The first-order valence-corrected chi connectivity index (χ1v) is 9.10. The number of hydrogen-bond acceptors (Lipinski definition) is 4. The van der Waals surface area contributed by atoms with Gasteiger partial charge >= 0.3 is 0 Å². The summed E-state index contributed by atoms with van der Waals surface area (Å²) in [5.74, 6) is 0.328. The lowest BCUT2D eigenvalue weighted by Gasteiger charge is -2.16. The van der Waals surface area contributed by atoms with Crippen LogP contribution in [0.5, 0.6) is 0 Å². The highest BCUT2D eigenvalue weighted by atomic mass is 16.1. The zero-order valence-corrected chi connectivity index (χ0v) is 15.0. The Labute approximate surface area is 149 Å². The van der Waals surface area contributed by atoms with E-state index in [0.29, 0.717) is 17.7 Å². The smallest absolute Gasteiger partial charge is 0.274 e. The van der Waals surface area contributed by atoms with Crippen molar-refractivity contribution in [3.8, 4) is 0 Å². The van der Waals surface area contributed by atoms with Crippen LogP contribution in [0.15, 0.2) is 30.5 Å². The maximum Gasteiger partial charge on any atom is 0.274 e. The van der Waals surface area contributed by atoms with Gasteiger partial charge < -0.3 is 10.6 Å². The minimum absolute atomic E-state index is 0.213. The van der Waals surface area contributed by atoms with E-state index in [2.05, 4.69) is 27.5 Å². The van der Waals surface area contributed by atoms with Crippen LogP contribution in [0.1, 0.15) is 60.1 Å². The Hall–Kier alpha value is -2.43. The van der Waals surface area contributed by atoms with E-state index in [4.69, 9.17) is 0 Å². The van der Waals surface area contributed by atoms with Gasteiger partial charge in [-0.05, 0) is 56.0 Å². The SMILES string of the molecule is Cc1ccc(NC(=O)c2ccnc(NC3CCCCCC3)n2)cc1C. The third kappa shape index (κ3) is 4.78. The van der Waals surface area contributed by atoms with E-state index in [0.717, 1.165) is 24.1 Å². The average Bonchev–Trinajstić information content (AvgIpc) is 2.87. The zero-order valence-electron chi connectivity index (χ0n) is 15.0. The van der Waals surface area contributed by atoms with Gasteiger partial charge in [-0.25, -0.2) is 9.97 Å².